The van der Waals surface area contributed by atoms with Crippen LogP contribution in [0.3, 0.4) is 0 Å². The average molecular weight is 222 g/mol. The van der Waals surface area contributed by atoms with Gasteiger partial charge in [-0.2, -0.15) is 0 Å². The van der Waals surface area contributed by atoms with Gasteiger partial charge in [-0.05, 0) is 33.3 Å². The van der Waals surface area contributed by atoms with Crippen LogP contribution in [0.5, 0.6) is 0 Å². The Kier molecular flexibility index (Phi) is 3.73. The van der Waals surface area contributed by atoms with Crippen molar-refractivity contribution in [2.45, 2.75) is 38.8 Å². The van der Waals surface area contributed by atoms with Crippen molar-refractivity contribution in [3.05, 3.63) is 35.9 Å². The van der Waals surface area contributed by atoms with Crippen LogP contribution < -0.4 is 0 Å². The van der Waals surface area contributed by atoms with Gasteiger partial charge in [0.15, 0.2) is 0 Å². The molecule has 0 bridgehead atoms. The van der Waals surface area contributed by atoms with E-state index >= 15 is 0 Å². The lowest BCUT2D eigenvalue weighted by molar-refractivity contribution is -0.237. The van der Waals surface area contributed by atoms with Crippen LogP contribution in [0.15, 0.2) is 30.3 Å². The summed E-state index contributed by atoms with van der Waals surface area (Å²) in [6.07, 6.45) is 0. The van der Waals surface area contributed by atoms with Gasteiger partial charge < -0.3 is 5.11 Å². The van der Waals surface area contributed by atoms with Crippen LogP contribution in [0.4, 0.5) is 0 Å². The predicted octanol–water partition coefficient (Wildman–Crippen LogP) is 2.34. The summed E-state index contributed by atoms with van der Waals surface area (Å²) >= 11 is 0. The zero-order chi connectivity index (χ0) is 12.4. The minimum Gasteiger partial charge on any atom is -0.384 e. The van der Waals surface area contributed by atoms with Crippen molar-refractivity contribution in [2.24, 2.45) is 0 Å². The van der Waals surface area contributed by atoms with Crippen LogP contribution in [0.25, 0.3) is 0 Å². The summed E-state index contributed by atoms with van der Waals surface area (Å²) < 4.78 is 0. The van der Waals surface area contributed by atoms with E-state index in [9.17, 15) is 10.3 Å². The summed E-state index contributed by atoms with van der Waals surface area (Å²) in [7, 11) is 0. The van der Waals surface area contributed by atoms with E-state index in [2.05, 4.69) is 0 Å². The Morgan fingerprint density at radius 3 is 2.06 bits per heavy atom. The van der Waals surface area contributed by atoms with Crippen LogP contribution in [-0.4, -0.2) is 22.3 Å². The molecule has 1 aromatic carbocycles. The van der Waals surface area contributed by atoms with E-state index in [-0.39, 0.29) is 6.54 Å². The summed E-state index contributed by atoms with van der Waals surface area (Å²) in [5, 5.41) is 23.0. The second-order valence-corrected chi connectivity index (χ2v) is 5.35. The number of hydrogen-bond acceptors (Lipinski definition) is 2. The lowest BCUT2D eigenvalue weighted by Crippen LogP contribution is -2.45. The summed E-state index contributed by atoms with van der Waals surface area (Å²) in [4.78, 5) is 0. The van der Waals surface area contributed by atoms with Crippen molar-refractivity contribution in [1.29, 1.82) is 0 Å². The minimum atomic E-state index is -1.11. The molecule has 3 heteroatoms. The van der Waals surface area contributed by atoms with Crippen LogP contribution in [0.2, 0.25) is 0 Å². The van der Waals surface area contributed by atoms with Crippen molar-refractivity contribution < 1.29 is 10.3 Å². The molecular formula is C13H20NO2. The third-order valence-corrected chi connectivity index (χ3v) is 2.60. The van der Waals surface area contributed by atoms with Gasteiger partial charge in [0.1, 0.15) is 5.60 Å². The van der Waals surface area contributed by atoms with Crippen molar-refractivity contribution in [2.75, 3.05) is 6.54 Å². The molecule has 0 aliphatic heterocycles. The summed E-state index contributed by atoms with van der Waals surface area (Å²) in [6.45, 7) is 7.24. The highest BCUT2D eigenvalue weighted by Crippen LogP contribution is 2.24. The van der Waals surface area contributed by atoms with Gasteiger partial charge in [0, 0.05) is 5.54 Å². The Morgan fingerprint density at radius 2 is 1.62 bits per heavy atom. The zero-order valence-electron chi connectivity index (χ0n) is 10.4. The van der Waals surface area contributed by atoms with Crippen molar-refractivity contribution in [3.63, 3.8) is 0 Å². The highest BCUT2D eigenvalue weighted by molar-refractivity contribution is 5.21. The van der Waals surface area contributed by atoms with Gasteiger partial charge in [0.05, 0.1) is 6.54 Å². The molecule has 3 nitrogen and oxygen atoms in total. The molecule has 0 unspecified atom stereocenters. The van der Waals surface area contributed by atoms with Gasteiger partial charge in [-0.25, -0.2) is 0 Å². The Morgan fingerprint density at radius 1 is 1.12 bits per heavy atom. The standard InChI is InChI=1S/C13H20NO2/c1-12(2,3)14(16)10-13(4,15)11-8-6-5-7-9-11/h5-9,15H,10H2,1-4H3/t13-/m1/s1. The summed E-state index contributed by atoms with van der Waals surface area (Å²) in [6, 6.07) is 9.26. The molecule has 1 N–H and O–H groups in total. The largest absolute Gasteiger partial charge is 0.384 e. The highest BCUT2D eigenvalue weighted by atomic mass is 16.5. The molecule has 0 aromatic heterocycles. The fourth-order valence-electron chi connectivity index (χ4n) is 1.41. The molecule has 1 aromatic rings. The van der Waals surface area contributed by atoms with Crippen molar-refractivity contribution in [1.82, 2.24) is 5.06 Å². The minimum absolute atomic E-state index is 0.0700. The van der Waals surface area contributed by atoms with Crippen LogP contribution in [0.1, 0.15) is 33.3 Å². The Labute approximate surface area is 97.3 Å². The number of rotatable bonds is 3. The number of nitrogens with zero attached hydrogens (tertiary/aromatic N) is 1. The average Bonchev–Trinajstić information content (AvgIpc) is 2.17. The van der Waals surface area contributed by atoms with E-state index in [0.717, 1.165) is 10.6 Å². The van der Waals surface area contributed by atoms with E-state index in [4.69, 9.17) is 0 Å². The molecule has 0 saturated carbocycles. The maximum Gasteiger partial charge on any atom is 0.102 e. The SMILES string of the molecule is CC(C)(C)N([O])C[C@@](C)(O)c1ccccc1. The van der Waals surface area contributed by atoms with E-state index < -0.39 is 11.1 Å². The molecule has 0 saturated heterocycles. The van der Waals surface area contributed by atoms with E-state index in [1.165, 1.54) is 0 Å². The first kappa shape index (κ1) is 13.2. The normalized spacial score (nSPS) is 16.2. The summed E-state index contributed by atoms with van der Waals surface area (Å²) in [5.41, 5.74) is -0.838. The molecular weight excluding hydrogens is 202 g/mol. The highest BCUT2D eigenvalue weighted by Gasteiger charge is 2.31. The first-order valence-electron chi connectivity index (χ1n) is 5.46. The molecule has 0 fully saturated rings. The van der Waals surface area contributed by atoms with Gasteiger partial charge in [0.2, 0.25) is 0 Å². The van der Waals surface area contributed by atoms with Gasteiger partial charge >= 0.3 is 0 Å². The van der Waals surface area contributed by atoms with Gasteiger partial charge in [0.25, 0.3) is 0 Å². The van der Waals surface area contributed by atoms with Crippen LogP contribution >= 0.6 is 0 Å². The second kappa shape index (κ2) is 4.53. The molecule has 89 valence electrons. The fourth-order valence-corrected chi connectivity index (χ4v) is 1.41. The van der Waals surface area contributed by atoms with E-state index in [1.54, 1.807) is 6.92 Å². The van der Waals surface area contributed by atoms with Crippen molar-refractivity contribution in [3.8, 4) is 0 Å². The number of benzene rings is 1. The van der Waals surface area contributed by atoms with E-state index in [1.807, 2.05) is 51.1 Å². The fraction of sp³-hybridized carbons (Fsp3) is 0.538. The third kappa shape index (κ3) is 3.30. The number of aliphatic hydroxyl groups is 1. The van der Waals surface area contributed by atoms with Gasteiger partial charge in [-0.1, -0.05) is 30.3 Å². The Balaban J connectivity index is 2.80. The number of hydrogen-bond donors (Lipinski definition) is 1. The molecule has 0 amide bonds. The molecule has 1 radical (unpaired) electrons. The smallest absolute Gasteiger partial charge is 0.102 e. The Bertz CT molecular complexity index is 328. The van der Waals surface area contributed by atoms with Crippen LogP contribution in [0, 0.1) is 0 Å². The third-order valence-electron chi connectivity index (χ3n) is 2.60. The molecule has 1 rings (SSSR count). The van der Waals surface area contributed by atoms with Crippen molar-refractivity contribution >= 4 is 0 Å². The summed E-state index contributed by atoms with van der Waals surface area (Å²) in [5.74, 6) is 0. The molecule has 16 heavy (non-hydrogen) atoms. The number of β-amino-alcohol motifs (C(OH)–C–C–N with tert-alkyl or cyclic N) is 1. The Hall–Kier alpha value is -0.900. The molecule has 0 aliphatic rings. The first-order valence-corrected chi connectivity index (χ1v) is 5.46. The monoisotopic (exact) mass is 222 g/mol. The van der Waals surface area contributed by atoms with Crippen LogP contribution in [-0.2, 0) is 10.8 Å². The molecule has 0 heterocycles. The first-order chi connectivity index (χ1) is 7.23. The maximum absolute atomic E-state index is 11.8. The lowest BCUT2D eigenvalue weighted by atomic mass is 9.94. The maximum atomic E-state index is 11.8. The van der Waals surface area contributed by atoms with Gasteiger partial charge in [-0.3, -0.25) is 0 Å². The zero-order valence-corrected chi connectivity index (χ0v) is 10.4. The molecule has 0 aliphatic carbocycles. The second-order valence-electron chi connectivity index (χ2n) is 5.35. The number of hydroxylamine groups is 2. The molecule has 0 spiro atoms. The lowest BCUT2D eigenvalue weighted by Gasteiger charge is -2.33. The van der Waals surface area contributed by atoms with E-state index in [0.29, 0.717) is 0 Å². The quantitative estimate of drug-likeness (QED) is 0.798. The van der Waals surface area contributed by atoms with Gasteiger partial charge in [-0.15, -0.1) is 10.3 Å². The topological polar surface area (TPSA) is 43.4 Å². The molecule has 1 atom stereocenters. The predicted molar refractivity (Wildman–Crippen MR) is 63.2 cm³/mol.